The molecule has 2 heterocycles. The topological polar surface area (TPSA) is 42.0 Å². The number of allylic oxidation sites excluding steroid dienone is 2. The van der Waals surface area contributed by atoms with Gasteiger partial charge < -0.3 is 14.6 Å². The average molecular weight is 318 g/mol. The third kappa shape index (κ3) is 2.20. The maximum Gasteiger partial charge on any atom is 0.219 e. The molecule has 4 bridgehead atoms. The van der Waals surface area contributed by atoms with Gasteiger partial charge in [0.05, 0.1) is 12.2 Å². The van der Waals surface area contributed by atoms with Crippen molar-refractivity contribution in [1.29, 1.82) is 0 Å². The van der Waals surface area contributed by atoms with Gasteiger partial charge in [-0.3, -0.25) is 0 Å². The van der Waals surface area contributed by atoms with Gasteiger partial charge in [0.15, 0.2) is 0 Å². The number of epoxide rings is 1. The summed E-state index contributed by atoms with van der Waals surface area (Å²) in [6.07, 6.45) is 8.51. The van der Waals surface area contributed by atoms with Crippen LogP contribution in [-0.4, -0.2) is 29.2 Å². The molecule has 0 aromatic heterocycles. The Bertz CT molecular complexity index is 592. The van der Waals surface area contributed by atoms with E-state index in [1.54, 1.807) is 0 Å². The van der Waals surface area contributed by atoms with Crippen LogP contribution in [0.3, 0.4) is 0 Å². The Labute approximate surface area is 139 Å². The molecular weight excluding hydrogens is 288 g/mol. The van der Waals surface area contributed by atoms with Crippen molar-refractivity contribution in [2.45, 2.75) is 83.7 Å². The van der Waals surface area contributed by atoms with E-state index in [4.69, 9.17) is 9.47 Å². The Balaban J connectivity index is 1.79. The number of aliphatic hydroxyl groups is 1. The largest absolute Gasteiger partial charge is 0.360 e. The number of ether oxygens (including phenoxy) is 2. The summed E-state index contributed by atoms with van der Waals surface area (Å²) < 4.78 is 12.0. The summed E-state index contributed by atoms with van der Waals surface area (Å²) >= 11 is 0. The lowest BCUT2D eigenvalue weighted by atomic mass is 9.62. The molecule has 4 aliphatic rings. The van der Waals surface area contributed by atoms with E-state index in [0.29, 0.717) is 12.5 Å². The molecule has 5 atom stereocenters. The van der Waals surface area contributed by atoms with Crippen LogP contribution in [0.2, 0.25) is 0 Å². The highest BCUT2D eigenvalue weighted by Crippen LogP contribution is 2.59. The molecule has 1 saturated heterocycles. The minimum Gasteiger partial charge on any atom is -0.360 e. The van der Waals surface area contributed by atoms with E-state index in [1.165, 1.54) is 11.1 Å². The molecule has 1 N–H and O–H groups in total. The fourth-order valence-corrected chi connectivity index (χ4v) is 5.10. The highest BCUT2D eigenvalue weighted by atomic mass is 16.7. The van der Waals surface area contributed by atoms with Gasteiger partial charge in [-0.05, 0) is 74.9 Å². The first-order valence-electron chi connectivity index (χ1n) is 9.22. The minimum absolute atomic E-state index is 0.137. The summed E-state index contributed by atoms with van der Waals surface area (Å²) in [5.41, 5.74) is 3.89. The maximum absolute atomic E-state index is 11.3. The van der Waals surface area contributed by atoms with Crippen LogP contribution in [0, 0.1) is 11.3 Å². The number of fused-ring (bicyclic) bond motifs is 2. The van der Waals surface area contributed by atoms with Gasteiger partial charge in [0.25, 0.3) is 0 Å². The molecule has 128 valence electrons. The predicted molar refractivity (Wildman–Crippen MR) is 89.9 cm³/mol. The fourth-order valence-electron chi connectivity index (χ4n) is 5.10. The second-order valence-corrected chi connectivity index (χ2v) is 8.70. The number of rotatable bonds is 0. The van der Waals surface area contributed by atoms with Crippen LogP contribution in [0.1, 0.15) is 66.2 Å². The molecular formula is C20H30O3. The van der Waals surface area contributed by atoms with Gasteiger partial charge in [-0.2, -0.15) is 0 Å². The first-order chi connectivity index (χ1) is 10.8. The first-order valence-corrected chi connectivity index (χ1v) is 9.22. The zero-order valence-electron chi connectivity index (χ0n) is 14.9. The van der Waals surface area contributed by atoms with E-state index in [0.717, 1.165) is 44.1 Å². The summed E-state index contributed by atoms with van der Waals surface area (Å²) in [7, 11) is 0. The Kier molecular flexibility index (Phi) is 3.40. The van der Waals surface area contributed by atoms with Crippen molar-refractivity contribution in [2.75, 3.05) is 6.61 Å². The van der Waals surface area contributed by atoms with Gasteiger partial charge >= 0.3 is 0 Å². The zero-order chi connectivity index (χ0) is 16.5. The first kappa shape index (κ1) is 15.9. The molecule has 4 rings (SSSR count). The van der Waals surface area contributed by atoms with Gasteiger partial charge in [0.2, 0.25) is 5.79 Å². The number of hydrogen-bond acceptors (Lipinski definition) is 3. The Hall–Kier alpha value is -0.640. The van der Waals surface area contributed by atoms with E-state index >= 15 is 0 Å². The van der Waals surface area contributed by atoms with Crippen molar-refractivity contribution >= 4 is 0 Å². The SMILES string of the molecule is C/C1=C/CC[C@@]2(C)O[C@@H]2C2(O)OCC3=C2CC[C@@H](C)[C@]3(C)CC1. The molecule has 23 heavy (non-hydrogen) atoms. The molecule has 0 saturated carbocycles. The van der Waals surface area contributed by atoms with Crippen molar-refractivity contribution in [3.8, 4) is 0 Å². The number of hydrogen-bond donors (Lipinski definition) is 1. The smallest absolute Gasteiger partial charge is 0.219 e. The summed E-state index contributed by atoms with van der Waals surface area (Å²) in [6.45, 7) is 9.70. The second-order valence-electron chi connectivity index (χ2n) is 8.70. The molecule has 0 spiro atoms. The average Bonchev–Trinajstić information content (AvgIpc) is 3.05. The van der Waals surface area contributed by atoms with Crippen LogP contribution in [0.15, 0.2) is 22.8 Å². The molecule has 2 aliphatic carbocycles. The summed E-state index contributed by atoms with van der Waals surface area (Å²) in [4.78, 5) is 0. The normalized spacial score (nSPS) is 52.1. The molecule has 0 aromatic carbocycles. The van der Waals surface area contributed by atoms with Gasteiger partial charge in [-0.1, -0.05) is 25.5 Å². The van der Waals surface area contributed by atoms with E-state index in [2.05, 4.69) is 33.8 Å². The van der Waals surface area contributed by atoms with Crippen LogP contribution in [0.4, 0.5) is 0 Å². The van der Waals surface area contributed by atoms with Crippen molar-refractivity contribution in [3.05, 3.63) is 22.8 Å². The Morgan fingerprint density at radius 2 is 1.96 bits per heavy atom. The third-order valence-electron chi connectivity index (χ3n) is 7.25. The van der Waals surface area contributed by atoms with Crippen LogP contribution >= 0.6 is 0 Å². The van der Waals surface area contributed by atoms with Crippen molar-refractivity contribution in [3.63, 3.8) is 0 Å². The monoisotopic (exact) mass is 318 g/mol. The van der Waals surface area contributed by atoms with E-state index in [-0.39, 0.29) is 17.1 Å². The second kappa shape index (κ2) is 4.93. The zero-order valence-corrected chi connectivity index (χ0v) is 14.9. The maximum atomic E-state index is 11.3. The molecule has 1 fully saturated rings. The van der Waals surface area contributed by atoms with E-state index in [1.807, 2.05) is 0 Å². The third-order valence-corrected chi connectivity index (χ3v) is 7.25. The lowest BCUT2D eigenvalue weighted by Crippen LogP contribution is -2.42. The van der Waals surface area contributed by atoms with Crippen LogP contribution in [-0.2, 0) is 9.47 Å². The fraction of sp³-hybridized carbons (Fsp3) is 0.800. The van der Waals surface area contributed by atoms with E-state index in [9.17, 15) is 5.11 Å². The molecule has 1 unspecified atom stereocenters. The highest BCUT2D eigenvalue weighted by Gasteiger charge is 2.67. The van der Waals surface area contributed by atoms with Crippen molar-refractivity contribution < 1.29 is 14.6 Å². The summed E-state index contributed by atoms with van der Waals surface area (Å²) in [6, 6.07) is 0. The van der Waals surface area contributed by atoms with Crippen molar-refractivity contribution in [1.82, 2.24) is 0 Å². The van der Waals surface area contributed by atoms with Crippen LogP contribution < -0.4 is 0 Å². The van der Waals surface area contributed by atoms with E-state index < -0.39 is 5.79 Å². The molecule has 0 aromatic rings. The van der Waals surface area contributed by atoms with Gasteiger partial charge in [-0.15, -0.1) is 0 Å². The summed E-state index contributed by atoms with van der Waals surface area (Å²) in [5.74, 6) is -0.543. The van der Waals surface area contributed by atoms with Gasteiger partial charge in [-0.25, -0.2) is 0 Å². The molecule has 3 nitrogen and oxygen atoms in total. The lowest BCUT2D eigenvalue weighted by molar-refractivity contribution is -0.169. The van der Waals surface area contributed by atoms with Gasteiger partial charge in [0, 0.05) is 0 Å². The lowest BCUT2D eigenvalue weighted by Gasteiger charge is -2.42. The van der Waals surface area contributed by atoms with Crippen LogP contribution in [0.25, 0.3) is 0 Å². The van der Waals surface area contributed by atoms with Gasteiger partial charge in [0.1, 0.15) is 6.10 Å². The quantitative estimate of drug-likeness (QED) is 0.540. The molecule has 0 amide bonds. The van der Waals surface area contributed by atoms with Crippen LogP contribution in [0.5, 0.6) is 0 Å². The Morgan fingerprint density at radius 3 is 2.74 bits per heavy atom. The molecule has 2 aliphatic heterocycles. The molecule has 3 heteroatoms. The minimum atomic E-state index is -1.18. The highest BCUT2D eigenvalue weighted by molar-refractivity contribution is 5.38. The summed E-state index contributed by atoms with van der Waals surface area (Å²) in [5, 5.41) is 11.3. The molecule has 0 radical (unpaired) electrons. The predicted octanol–water partition coefficient (Wildman–Crippen LogP) is 4.12. The van der Waals surface area contributed by atoms with Crippen molar-refractivity contribution in [2.24, 2.45) is 11.3 Å². The standard InChI is InChI=1S/C20H30O3/c1-13-6-5-10-19(4)17(23-19)20(21)15-8-7-14(2)18(3,11-9-13)16(15)12-22-20/h6,14,17,21H,5,7-12H2,1-4H3/b13-6-/t14-,17+,18+,19-,20?/m1/s1. The Morgan fingerprint density at radius 1 is 1.17 bits per heavy atom.